The predicted octanol–water partition coefficient (Wildman–Crippen LogP) is 1.50. The number of carbonyl (C=O) groups is 1. The van der Waals surface area contributed by atoms with Crippen LogP contribution in [0.15, 0.2) is 39.9 Å². The quantitative estimate of drug-likeness (QED) is 0.742. The summed E-state index contributed by atoms with van der Waals surface area (Å²) in [6.45, 7) is 6.56. The van der Waals surface area contributed by atoms with Crippen LogP contribution in [0.25, 0.3) is 0 Å². The topological polar surface area (TPSA) is 85.6 Å². The summed E-state index contributed by atoms with van der Waals surface area (Å²) in [5.41, 5.74) is 0.342. The highest BCUT2D eigenvalue weighted by molar-refractivity contribution is 5.79. The van der Waals surface area contributed by atoms with Crippen molar-refractivity contribution in [1.82, 2.24) is 14.5 Å². The highest BCUT2D eigenvalue weighted by Crippen LogP contribution is 2.22. The van der Waals surface area contributed by atoms with E-state index in [0.717, 1.165) is 35.3 Å². The van der Waals surface area contributed by atoms with Crippen molar-refractivity contribution in [2.45, 2.75) is 39.8 Å². The molecule has 1 amide bonds. The molecule has 3 rings (SSSR count). The Kier molecular flexibility index (Phi) is 6.97. The second kappa shape index (κ2) is 9.65. The lowest BCUT2D eigenvalue weighted by atomic mass is 9.97. The van der Waals surface area contributed by atoms with E-state index in [4.69, 9.17) is 4.74 Å². The molecule has 1 aliphatic heterocycles. The normalized spacial score (nSPS) is 16.4. The molecule has 0 bridgehead atoms. The molecule has 0 spiro atoms. The molecular weight excluding hydrogens is 384 g/mol. The van der Waals surface area contributed by atoms with E-state index in [-0.39, 0.29) is 23.1 Å². The Bertz CT molecular complexity index is 994. The number of amides is 1. The highest BCUT2D eigenvalue weighted by Gasteiger charge is 2.27. The van der Waals surface area contributed by atoms with Crippen molar-refractivity contribution >= 4 is 11.7 Å². The maximum absolute atomic E-state index is 12.8. The zero-order chi connectivity index (χ0) is 21.7. The van der Waals surface area contributed by atoms with E-state index >= 15 is 0 Å². The van der Waals surface area contributed by atoms with Gasteiger partial charge in [-0.1, -0.05) is 12.1 Å². The van der Waals surface area contributed by atoms with Crippen LogP contribution in [0.4, 0.5) is 5.82 Å². The largest absolute Gasteiger partial charge is 0.494 e. The van der Waals surface area contributed by atoms with Gasteiger partial charge in [0.15, 0.2) is 0 Å². The molecule has 0 aliphatic carbocycles. The second-order valence-electron chi connectivity index (χ2n) is 7.51. The molecule has 8 nitrogen and oxygen atoms in total. The van der Waals surface area contributed by atoms with E-state index < -0.39 is 0 Å². The van der Waals surface area contributed by atoms with Gasteiger partial charge in [-0.3, -0.25) is 18.7 Å². The Balaban J connectivity index is 1.67. The van der Waals surface area contributed by atoms with Gasteiger partial charge in [-0.05, 0) is 44.4 Å². The molecule has 0 radical (unpaired) electrons. The number of ether oxygens (including phenoxy) is 1. The smallest absolute Gasteiger partial charge is 0.332 e. The Morgan fingerprint density at radius 2 is 1.93 bits per heavy atom. The van der Waals surface area contributed by atoms with E-state index in [2.05, 4.69) is 5.32 Å². The van der Waals surface area contributed by atoms with E-state index in [1.54, 1.807) is 4.57 Å². The SMILES string of the molecule is CCOc1ccc(CNC(=O)[C@H]2CCCN(c3cc(=O)n(C)c(=O)n3CC)C2)cc1. The fraction of sp³-hybridized carbons (Fsp3) is 0.500. The van der Waals surface area contributed by atoms with Gasteiger partial charge in [0.05, 0.1) is 12.5 Å². The summed E-state index contributed by atoms with van der Waals surface area (Å²) in [4.78, 5) is 39.3. The highest BCUT2D eigenvalue weighted by atomic mass is 16.5. The average molecular weight is 415 g/mol. The molecule has 1 aliphatic rings. The molecule has 2 aromatic rings. The number of anilines is 1. The van der Waals surface area contributed by atoms with Crippen LogP contribution >= 0.6 is 0 Å². The van der Waals surface area contributed by atoms with Gasteiger partial charge in [0.25, 0.3) is 5.56 Å². The van der Waals surface area contributed by atoms with Crippen LogP contribution in [-0.2, 0) is 24.9 Å². The summed E-state index contributed by atoms with van der Waals surface area (Å²) in [6, 6.07) is 9.17. The maximum Gasteiger partial charge on any atom is 0.332 e. The van der Waals surface area contributed by atoms with Gasteiger partial charge in [-0.2, -0.15) is 0 Å². The monoisotopic (exact) mass is 414 g/mol. The van der Waals surface area contributed by atoms with Gasteiger partial charge in [-0.25, -0.2) is 4.79 Å². The van der Waals surface area contributed by atoms with Gasteiger partial charge < -0.3 is 15.0 Å². The lowest BCUT2D eigenvalue weighted by molar-refractivity contribution is -0.125. The minimum atomic E-state index is -0.332. The number of nitrogens with zero attached hydrogens (tertiary/aromatic N) is 3. The molecule has 30 heavy (non-hydrogen) atoms. The number of hydrogen-bond acceptors (Lipinski definition) is 5. The summed E-state index contributed by atoms with van der Waals surface area (Å²) in [5, 5.41) is 3.01. The van der Waals surface area contributed by atoms with Crippen molar-refractivity contribution in [3.8, 4) is 5.75 Å². The lowest BCUT2D eigenvalue weighted by Gasteiger charge is -2.34. The van der Waals surface area contributed by atoms with Crippen LogP contribution in [0.3, 0.4) is 0 Å². The van der Waals surface area contributed by atoms with Crippen LogP contribution in [0, 0.1) is 5.92 Å². The van der Waals surface area contributed by atoms with E-state index in [1.165, 1.54) is 13.1 Å². The van der Waals surface area contributed by atoms with E-state index in [0.29, 0.717) is 32.1 Å². The molecule has 8 heteroatoms. The predicted molar refractivity (Wildman–Crippen MR) is 116 cm³/mol. The number of carbonyl (C=O) groups excluding carboxylic acids is 1. The Hall–Kier alpha value is -3.03. The summed E-state index contributed by atoms with van der Waals surface area (Å²) in [7, 11) is 1.48. The zero-order valence-corrected chi connectivity index (χ0v) is 17.9. The number of hydrogen-bond donors (Lipinski definition) is 1. The molecule has 1 aromatic heterocycles. The molecule has 1 atom stereocenters. The van der Waals surface area contributed by atoms with E-state index in [9.17, 15) is 14.4 Å². The van der Waals surface area contributed by atoms with Crippen LogP contribution in [0.2, 0.25) is 0 Å². The van der Waals surface area contributed by atoms with Crippen LogP contribution in [0.5, 0.6) is 5.75 Å². The number of rotatable bonds is 7. The Labute approximate surface area is 176 Å². The molecule has 0 unspecified atom stereocenters. The number of nitrogens with one attached hydrogen (secondary N) is 1. The maximum atomic E-state index is 12.8. The first-order valence-corrected chi connectivity index (χ1v) is 10.5. The van der Waals surface area contributed by atoms with Crippen molar-refractivity contribution in [2.24, 2.45) is 13.0 Å². The Morgan fingerprint density at radius 3 is 2.60 bits per heavy atom. The van der Waals surface area contributed by atoms with Crippen molar-refractivity contribution < 1.29 is 9.53 Å². The number of piperidine rings is 1. The van der Waals surface area contributed by atoms with Gasteiger partial charge in [0.1, 0.15) is 11.6 Å². The van der Waals surface area contributed by atoms with Crippen LogP contribution in [0.1, 0.15) is 32.3 Å². The first-order valence-electron chi connectivity index (χ1n) is 10.5. The summed E-state index contributed by atoms with van der Waals surface area (Å²) in [6.07, 6.45) is 1.61. The third-order valence-corrected chi connectivity index (χ3v) is 5.51. The lowest BCUT2D eigenvalue weighted by Crippen LogP contribution is -2.47. The molecule has 2 heterocycles. The van der Waals surface area contributed by atoms with Gasteiger partial charge >= 0.3 is 5.69 Å². The van der Waals surface area contributed by atoms with Gasteiger partial charge in [0, 0.05) is 39.3 Å². The molecular formula is C22H30N4O4. The van der Waals surface area contributed by atoms with Crippen molar-refractivity contribution in [3.63, 3.8) is 0 Å². The third kappa shape index (κ3) is 4.75. The summed E-state index contributed by atoms with van der Waals surface area (Å²) in [5.74, 6) is 1.20. The molecule has 1 aromatic carbocycles. The fourth-order valence-electron chi connectivity index (χ4n) is 3.82. The minimum absolute atomic E-state index is 0.0113. The van der Waals surface area contributed by atoms with Crippen molar-refractivity contribution in [3.05, 3.63) is 56.7 Å². The van der Waals surface area contributed by atoms with Crippen LogP contribution < -0.4 is 26.2 Å². The van der Waals surface area contributed by atoms with Gasteiger partial charge in [-0.15, -0.1) is 0 Å². The molecule has 0 saturated carbocycles. The molecule has 1 N–H and O–H groups in total. The van der Waals surface area contributed by atoms with Crippen LogP contribution in [-0.4, -0.2) is 34.7 Å². The molecule has 1 saturated heterocycles. The fourth-order valence-corrected chi connectivity index (χ4v) is 3.82. The first kappa shape index (κ1) is 21.7. The van der Waals surface area contributed by atoms with Gasteiger partial charge in [0.2, 0.25) is 5.91 Å². The van der Waals surface area contributed by atoms with Crippen molar-refractivity contribution in [2.75, 3.05) is 24.6 Å². The average Bonchev–Trinajstić information content (AvgIpc) is 2.77. The third-order valence-electron chi connectivity index (χ3n) is 5.51. The minimum Gasteiger partial charge on any atom is -0.494 e. The molecule has 162 valence electrons. The summed E-state index contributed by atoms with van der Waals surface area (Å²) >= 11 is 0. The first-order chi connectivity index (χ1) is 14.4. The zero-order valence-electron chi connectivity index (χ0n) is 17.9. The second-order valence-corrected chi connectivity index (χ2v) is 7.51. The Morgan fingerprint density at radius 1 is 1.20 bits per heavy atom. The number of benzene rings is 1. The van der Waals surface area contributed by atoms with Crippen molar-refractivity contribution in [1.29, 1.82) is 0 Å². The molecule has 1 fully saturated rings. The standard InChI is InChI=1S/C22H30N4O4/c1-4-26-19(13-20(27)24(3)22(26)29)25-12-6-7-17(15-25)21(28)23-14-16-8-10-18(11-9-16)30-5-2/h8-11,13,17H,4-7,12,14-15H2,1-3H3,(H,23,28)/t17-/m0/s1. The number of aromatic nitrogens is 2. The van der Waals surface area contributed by atoms with E-state index in [1.807, 2.05) is 43.0 Å². The summed E-state index contributed by atoms with van der Waals surface area (Å²) < 4.78 is 8.13.